The quantitative estimate of drug-likeness (QED) is 0.465. The number of aromatic nitrogens is 1. The van der Waals surface area contributed by atoms with Gasteiger partial charge in [-0.3, -0.25) is 4.98 Å². The molecule has 1 heterocycles. The van der Waals surface area contributed by atoms with E-state index in [2.05, 4.69) is 24.6 Å². The van der Waals surface area contributed by atoms with Crippen molar-refractivity contribution in [2.24, 2.45) is 0 Å². The molecule has 0 N–H and O–H groups in total. The van der Waals surface area contributed by atoms with Crippen LogP contribution >= 0.6 is 0 Å². The number of pyridine rings is 1. The molecular weight excluding hydrogens is 290 g/mol. The van der Waals surface area contributed by atoms with E-state index in [-0.39, 0.29) is 5.97 Å². The van der Waals surface area contributed by atoms with Crippen LogP contribution in [0.5, 0.6) is 0 Å². The van der Waals surface area contributed by atoms with Crippen LogP contribution in [-0.2, 0) is 9.53 Å². The molecule has 0 amide bonds. The maximum absolute atomic E-state index is 11.7. The van der Waals surface area contributed by atoms with E-state index in [0.717, 1.165) is 28.1 Å². The summed E-state index contributed by atoms with van der Waals surface area (Å²) in [5.74, 6) is -0.277. The van der Waals surface area contributed by atoms with Gasteiger partial charge in [0.2, 0.25) is 0 Å². The van der Waals surface area contributed by atoms with Gasteiger partial charge in [-0.2, -0.15) is 0 Å². The summed E-state index contributed by atoms with van der Waals surface area (Å²) in [5, 5.41) is 2.26. The third-order valence-corrected chi connectivity index (χ3v) is 5.20. The lowest BCUT2D eigenvalue weighted by molar-refractivity contribution is -0.137. The van der Waals surface area contributed by atoms with Crippen LogP contribution in [0.4, 0.5) is 0 Å². The number of esters is 1. The number of carbonyl (C=O) groups excluding carboxylic acids is 1. The second-order valence-corrected chi connectivity index (χ2v) is 12.3. The SMILES string of the molecule is Cc1nccc2ccc(/C=C\C(=O)OCC[Si](C)(C)C)cc12. The van der Waals surface area contributed by atoms with Crippen LogP contribution in [0.3, 0.4) is 0 Å². The highest BCUT2D eigenvalue weighted by molar-refractivity contribution is 6.76. The van der Waals surface area contributed by atoms with Gasteiger partial charge in [0.25, 0.3) is 0 Å². The summed E-state index contributed by atoms with van der Waals surface area (Å²) in [5.41, 5.74) is 1.97. The average molecular weight is 313 g/mol. The summed E-state index contributed by atoms with van der Waals surface area (Å²) in [6, 6.07) is 9.06. The Morgan fingerprint density at radius 1 is 1.27 bits per heavy atom. The smallest absolute Gasteiger partial charge is 0.330 e. The highest BCUT2D eigenvalue weighted by Crippen LogP contribution is 2.18. The van der Waals surface area contributed by atoms with Crippen LogP contribution in [-0.4, -0.2) is 25.6 Å². The Balaban J connectivity index is 2.01. The zero-order chi connectivity index (χ0) is 16.2. The van der Waals surface area contributed by atoms with E-state index in [1.807, 2.05) is 37.4 Å². The van der Waals surface area contributed by atoms with Gasteiger partial charge in [0, 0.05) is 31.4 Å². The summed E-state index contributed by atoms with van der Waals surface area (Å²) in [4.78, 5) is 16.0. The average Bonchev–Trinajstić information content (AvgIpc) is 2.44. The number of hydrogen-bond donors (Lipinski definition) is 0. The molecule has 22 heavy (non-hydrogen) atoms. The van der Waals surface area contributed by atoms with Crippen molar-refractivity contribution in [1.29, 1.82) is 0 Å². The van der Waals surface area contributed by atoms with E-state index in [0.29, 0.717) is 6.61 Å². The Morgan fingerprint density at radius 2 is 2.05 bits per heavy atom. The van der Waals surface area contributed by atoms with E-state index in [4.69, 9.17) is 4.74 Å². The third-order valence-electron chi connectivity index (χ3n) is 3.50. The normalized spacial score (nSPS) is 12.0. The molecule has 1 aromatic heterocycles. The molecule has 2 aromatic rings. The summed E-state index contributed by atoms with van der Waals surface area (Å²) < 4.78 is 5.25. The molecule has 0 aliphatic carbocycles. The summed E-state index contributed by atoms with van der Waals surface area (Å²) in [6.45, 7) is 9.30. The standard InChI is InChI=1S/C18H23NO2Si/c1-14-17-13-15(5-7-16(17)9-10-19-14)6-8-18(20)21-11-12-22(2,3)4/h5-10,13H,11-12H2,1-4H3/b8-6-. The largest absolute Gasteiger partial charge is 0.463 e. The van der Waals surface area contributed by atoms with Gasteiger partial charge in [0.15, 0.2) is 0 Å². The van der Waals surface area contributed by atoms with Crippen LogP contribution in [0.2, 0.25) is 25.7 Å². The van der Waals surface area contributed by atoms with Crippen LogP contribution in [0.25, 0.3) is 16.8 Å². The van der Waals surface area contributed by atoms with Crippen molar-refractivity contribution in [3.63, 3.8) is 0 Å². The number of rotatable bonds is 5. The molecule has 0 radical (unpaired) electrons. The minimum absolute atomic E-state index is 0.277. The van der Waals surface area contributed by atoms with Gasteiger partial charge in [0.05, 0.1) is 6.61 Å². The first-order valence-corrected chi connectivity index (χ1v) is 11.3. The highest BCUT2D eigenvalue weighted by Gasteiger charge is 2.13. The van der Waals surface area contributed by atoms with Crippen LogP contribution < -0.4 is 0 Å². The molecule has 0 aliphatic heterocycles. The number of ether oxygens (including phenoxy) is 1. The van der Waals surface area contributed by atoms with E-state index >= 15 is 0 Å². The fourth-order valence-corrected chi connectivity index (χ4v) is 2.82. The van der Waals surface area contributed by atoms with Crippen molar-refractivity contribution in [1.82, 2.24) is 4.98 Å². The summed E-state index contributed by atoms with van der Waals surface area (Å²) in [6.07, 6.45) is 5.10. The number of fused-ring (bicyclic) bond motifs is 1. The first kappa shape index (κ1) is 16.4. The van der Waals surface area contributed by atoms with E-state index in [1.54, 1.807) is 6.08 Å². The zero-order valence-corrected chi connectivity index (χ0v) is 14.7. The van der Waals surface area contributed by atoms with Crippen LogP contribution in [0.1, 0.15) is 11.3 Å². The number of aryl methyl sites for hydroxylation is 1. The number of carbonyl (C=O) groups is 1. The predicted octanol–water partition coefficient (Wildman–Crippen LogP) is 4.44. The molecule has 0 aliphatic rings. The second kappa shape index (κ2) is 6.88. The van der Waals surface area contributed by atoms with Gasteiger partial charge in [-0.05, 0) is 42.1 Å². The van der Waals surface area contributed by atoms with E-state index < -0.39 is 8.07 Å². The second-order valence-electron chi connectivity index (χ2n) is 6.69. The minimum atomic E-state index is -1.16. The number of benzene rings is 1. The van der Waals surface area contributed by atoms with Crippen molar-refractivity contribution in [3.05, 3.63) is 47.8 Å². The lowest BCUT2D eigenvalue weighted by Gasteiger charge is -2.14. The van der Waals surface area contributed by atoms with Gasteiger partial charge in [-0.25, -0.2) is 4.79 Å². The molecule has 0 atom stereocenters. The molecule has 1 aromatic carbocycles. The molecule has 116 valence electrons. The molecular formula is C18H23NO2Si. The Hall–Kier alpha value is -1.94. The van der Waals surface area contributed by atoms with Gasteiger partial charge in [-0.15, -0.1) is 0 Å². The topological polar surface area (TPSA) is 39.2 Å². The van der Waals surface area contributed by atoms with Gasteiger partial charge >= 0.3 is 5.97 Å². The first-order valence-electron chi connectivity index (χ1n) is 7.55. The molecule has 0 saturated heterocycles. The molecule has 4 heteroatoms. The van der Waals surface area contributed by atoms with Crippen molar-refractivity contribution in [2.45, 2.75) is 32.6 Å². The van der Waals surface area contributed by atoms with E-state index in [1.165, 1.54) is 6.08 Å². The molecule has 3 nitrogen and oxygen atoms in total. The Morgan fingerprint density at radius 3 is 2.77 bits per heavy atom. The molecule has 0 unspecified atom stereocenters. The van der Waals surface area contributed by atoms with Crippen LogP contribution in [0.15, 0.2) is 36.5 Å². The molecule has 0 fully saturated rings. The summed E-state index contributed by atoms with van der Waals surface area (Å²) in [7, 11) is -1.16. The summed E-state index contributed by atoms with van der Waals surface area (Å²) >= 11 is 0. The first-order chi connectivity index (χ1) is 10.3. The fraction of sp³-hybridized carbons (Fsp3) is 0.333. The van der Waals surface area contributed by atoms with Crippen molar-refractivity contribution < 1.29 is 9.53 Å². The predicted molar refractivity (Wildman–Crippen MR) is 94.6 cm³/mol. The Bertz CT molecular complexity index is 702. The zero-order valence-electron chi connectivity index (χ0n) is 13.7. The fourth-order valence-electron chi connectivity index (χ4n) is 2.11. The number of hydrogen-bond acceptors (Lipinski definition) is 3. The lowest BCUT2D eigenvalue weighted by atomic mass is 10.1. The monoisotopic (exact) mass is 313 g/mol. The third kappa shape index (κ3) is 4.81. The molecule has 0 saturated carbocycles. The Labute approximate surface area is 133 Å². The molecule has 0 spiro atoms. The lowest BCUT2D eigenvalue weighted by Crippen LogP contribution is -2.22. The molecule has 2 rings (SSSR count). The molecule has 0 bridgehead atoms. The van der Waals surface area contributed by atoms with Crippen molar-refractivity contribution in [2.75, 3.05) is 6.61 Å². The van der Waals surface area contributed by atoms with Crippen LogP contribution in [0, 0.1) is 6.92 Å². The van der Waals surface area contributed by atoms with Gasteiger partial charge < -0.3 is 4.74 Å². The maximum atomic E-state index is 11.7. The van der Waals surface area contributed by atoms with Gasteiger partial charge in [-0.1, -0.05) is 31.8 Å². The highest BCUT2D eigenvalue weighted by atomic mass is 28.3. The Kier molecular flexibility index (Phi) is 5.14. The van der Waals surface area contributed by atoms with Crippen molar-refractivity contribution >= 4 is 30.9 Å². The number of nitrogens with zero attached hydrogens (tertiary/aromatic N) is 1. The van der Waals surface area contributed by atoms with Crippen molar-refractivity contribution in [3.8, 4) is 0 Å². The maximum Gasteiger partial charge on any atom is 0.330 e. The van der Waals surface area contributed by atoms with E-state index in [9.17, 15) is 4.79 Å². The minimum Gasteiger partial charge on any atom is -0.463 e. The van der Waals surface area contributed by atoms with Gasteiger partial charge in [0.1, 0.15) is 0 Å².